The molecule has 0 bridgehead atoms. The second-order valence-corrected chi connectivity index (χ2v) is 7.67. The molecule has 29 heavy (non-hydrogen) atoms. The summed E-state index contributed by atoms with van der Waals surface area (Å²) in [7, 11) is 1.53. The molecular formula is C19H25F3N4O3. The van der Waals surface area contributed by atoms with Crippen LogP contribution < -0.4 is 21.1 Å². The Hall–Kier alpha value is -2.33. The largest absolute Gasteiger partial charge is 0.573 e. The Kier molecular flexibility index (Phi) is 6.33. The Morgan fingerprint density at radius 1 is 1.34 bits per heavy atom. The normalized spacial score (nSPS) is 23.9. The number of hydrogen-bond acceptors (Lipinski definition) is 5. The molecule has 3 unspecified atom stereocenters. The van der Waals surface area contributed by atoms with E-state index in [1.54, 1.807) is 6.07 Å². The second kappa shape index (κ2) is 8.58. The van der Waals surface area contributed by atoms with E-state index in [-0.39, 0.29) is 30.7 Å². The van der Waals surface area contributed by atoms with Gasteiger partial charge in [-0.15, -0.1) is 13.2 Å². The van der Waals surface area contributed by atoms with Gasteiger partial charge in [-0.3, -0.25) is 9.59 Å². The summed E-state index contributed by atoms with van der Waals surface area (Å²) >= 11 is 0. The fourth-order valence-electron chi connectivity index (χ4n) is 4.17. The summed E-state index contributed by atoms with van der Waals surface area (Å²) in [4.78, 5) is 24.8. The van der Waals surface area contributed by atoms with Crippen molar-refractivity contribution in [3.63, 3.8) is 0 Å². The van der Waals surface area contributed by atoms with Crippen molar-refractivity contribution in [3.8, 4) is 5.75 Å². The molecule has 2 fully saturated rings. The van der Waals surface area contributed by atoms with Gasteiger partial charge in [-0.25, -0.2) is 0 Å². The second-order valence-electron chi connectivity index (χ2n) is 7.67. The van der Waals surface area contributed by atoms with E-state index in [1.807, 2.05) is 0 Å². The molecule has 1 aliphatic heterocycles. The summed E-state index contributed by atoms with van der Waals surface area (Å²) in [6, 6.07) is 5.63. The Bertz CT molecular complexity index is 748. The Balaban J connectivity index is 1.62. The molecule has 3 atom stereocenters. The molecule has 1 saturated heterocycles. The number of nitrogens with zero attached hydrogens (tertiary/aromatic N) is 1. The first kappa shape index (κ1) is 21.4. The highest BCUT2D eigenvalue weighted by Crippen LogP contribution is 2.51. The van der Waals surface area contributed by atoms with Gasteiger partial charge in [0.1, 0.15) is 5.75 Å². The lowest BCUT2D eigenvalue weighted by Crippen LogP contribution is -2.42. The number of likely N-dealkylation sites (N-methyl/N-ethyl adjacent to an activating group) is 1. The number of nitrogens with one attached hydrogen (secondary N) is 2. The van der Waals surface area contributed by atoms with E-state index in [2.05, 4.69) is 15.4 Å². The van der Waals surface area contributed by atoms with Crippen molar-refractivity contribution >= 4 is 11.8 Å². The predicted molar refractivity (Wildman–Crippen MR) is 98.5 cm³/mol. The molecule has 1 aromatic rings. The van der Waals surface area contributed by atoms with E-state index < -0.39 is 12.3 Å². The number of fused-ring (bicyclic) bond motifs is 1. The molecule has 1 aromatic carbocycles. The zero-order valence-electron chi connectivity index (χ0n) is 16.0. The third kappa shape index (κ3) is 5.83. The van der Waals surface area contributed by atoms with Gasteiger partial charge in [0.25, 0.3) is 0 Å². The van der Waals surface area contributed by atoms with Gasteiger partial charge in [0.05, 0.1) is 6.54 Å². The van der Waals surface area contributed by atoms with Crippen LogP contribution in [0.3, 0.4) is 0 Å². The highest BCUT2D eigenvalue weighted by atomic mass is 19.4. The maximum absolute atomic E-state index is 12.5. The minimum Gasteiger partial charge on any atom is -0.406 e. The van der Waals surface area contributed by atoms with Crippen LogP contribution in [0.1, 0.15) is 12.0 Å². The quantitative estimate of drug-likeness (QED) is 0.557. The van der Waals surface area contributed by atoms with Gasteiger partial charge in [0.2, 0.25) is 11.8 Å². The van der Waals surface area contributed by atoms with Gasteiger partial charge in [0.15, 0.2) is 0 Å². The number of carbonyl (C=O) groups is 2. The molecule has 1 heterocycles. The van der Waals surface area contributed by atoms with E-state index in [9.17, 15) is 22.8 Å². The summed E-state index contributed by atoms with van der Waals surface area (Å²) in [5.74, 6) is 0.228. The molecule has 2 amide bonds. The molecule has 3 rings (SSSR count). The molecule has 1 aliphatic carbocycles. The Labute approximate surface area is 166 Å². The highest BCUT2D eigenvalue weighted by molar-refractivity contribution is 5.83. The number of alkyl halides is 3. The van der Waals surface area contributed by atoms with Crippen LogP contribution in [0.15, 0.2) is 24.3 Å². The van der Waals surface area contributed by atoms with Crippen LogP contribution in [-0.2, 0) is 16.1 Å². The van der Waals surface area contributed by atoms with Crippen molar-refractivity contribution < 1.29 is 27.5 Å². The molecule has 160 valence electrons. The fourth-order valence-corrected chi connectivity index (χ4v) is 4.17. The lowest BCUT2D eigenvalue weighted by molar-refractivity contribution is -0.274. The minimum absolute atomic E-state index is 0.137. The summed E-state index contributed by atoms with van der Waals surface area (Å²) in [6.45, 7) is 1.94. The number of nitrogens with two attached hydrogens (primary N) is 1. The number of rotatable bonds is 9. The number of piperidine rings is 1. The van der Waals surface area contributed by atoms with E-state index in [1.165, 1.54) is 30.1 Å². The van der Waals surface area contributed by atoms with Crippen LogP contribution in [0, 0.1) is 17.8 Å². The monoisotopic (exact) mass is 414 g/mol. The standard InChI is InChI=1S/C19H25F3N4O3/c1-26(10-16(23)27)17(28)6-15(18-13-8-24-9-14(13)18)25-7-11-3-2-4-12(5-11)29-19(20,21)22/h2-5,13-15,18,24-25H,6-10H2,1H3,(H2,23,27). The molecule has 0 spiro atoms. The lowest BCUT2D eigenvalue weighted by atomic mass is 10.0. The van der Waals surface area contributed by atoms with Crippen molar-refractivity contribution in [1.29, 1.82) is 0 Å². The van der Waals surface area contributed by atoms with Crippen LogP contribution >= 0.6 is 0 Å². The predicted octanol–water partition coefficient (Wildman–Crippen LogP) is 0.843. The molecule has 1 saturated carbocycles. The Morgan fingerprint density at radius 2 is 2.03 bits per heavy atom. The van der Waals surface area contributed by atoms with Crippen LogP contribution in [0.5, 0.6) is 5.75 Å². The lowest BCUT2D eigenvalue weighted by Gasteiger charge is -2.23. The van der Waals surface area contributed by atoms with Crippen molar-refractivity contribution in [2.45, 2.75) is 25.4 Å². The van der Waals surface area contributed by atoms with Crippen molar-refractivity contribution in [2.75, 3.05) is 26.7 Å². The fraction of sp³-hybridized carbons (Fsp3) is 0.579. The number of carbonyl (C=O) groups excluding carboxylic acids is 2. The number of primary amides is 1. The average Bonchev–Trinajstić information content (AvgIpc) is 3.07. The molecule has 4 N–H and O–H groups in total. The van der Waals surface area contributed by atoms with Crippen LogP contribution in [0.2, 0.25) is 0 Å². The third-order valence-electron chi connectivity index (χ3n) is 5.54. The van der Waals surface area contributed by atoms with Crippen LogP contribution in [-0.4, -0.2) is 55.8 Å². The molecule has 0 radical (unpaired) electrons. The van der Waals surface area contributed by atoms with E-state index in [0.29, 0.717) is 29.9 Å². The minimum atomic E-state index is -4.75. The summed E-state index contributed by atoms with van der Waals surface area (Å²) in [5.41, 5.74) is 5.78. The first-order valence-electron chi connectivity index (χ1n) is 9.45. The molecule has 0 aromatic heterocycles. The van der Waals surface area contributed by atoms with Gasteiger partial charge in [-0.05, 0) is 48.5 Å². The Morgan fingerprint density at radius 3 is 2.66 bits per heavy atom. The van der Waals surface area contributed by atoms with E-state index in [0.717, 1.165) is 13.1 Å². The van der Waals surface area contributed by atoms with Crippen molar-refractivity contribution in [3.05, 3.63) is 29.8 Å². The number of halogens is 3. The third-order valence-corrected chi connectivity index (χ3v) is 5.54. The average molecular weight is 414 g/mol. The molecule has 2 aliphatic rings. The SMILES string of the molecule is CN(CC(N)=O)C(=O)CC(NCc1cccc(OC(F)(F)F)c1)C1C2CNCC21. The molecular weight excluding hydrogens is 389 g/mol. The molecule has 7 nitrogen and oxygen atoms in total. The van der Waals surface area contributed by atoms with Crippen LogP contribution in [0.25, 0.3) is 0 Å². The van der Waals surface area contributed by atoms with Gasteiger partial charge >= 0.3 is 6.36 Å². The number of ether oxygens (including phenoxy) is 1. The van der Waals surface area contributed by atoms with Crippen molar-refractivity contribution in [1.82, 2.24) is 15.5 Å². The maximum atomic E-state index is 12.5. The first-order valence-corrected chi connectivity index (χ1v) is 9.45. The number of benzene rings is 1. The first-order chi connectivity index (χ1) is 13.6. The van der Waals surface area contributed by atoms with Crippen molar-refractivity contribution in [2.24, 2.45) is 23.5 Å². The topological polar surface area (TPSA) is 96.7 Å². The zero-order valence-corrected chi connectivity index (χ0v) is 16.0. The van der Waals surface area contributed by atoms with E-state index in [4.69, 9.17) is 5.73 Å². The number of hydrogen-bond donors (Lipinski definition) is 3. The van der Waals surface area contributed by atoms with Gasteiger partial charge in [-0.2, -0.15) is 0 Å². The summed E-state index contributed by atoms with van der Waals surface area (Å²) < 4.78 is 41.2. The zero-order chi connectivity index (χ0) is 21.2. The molecule has 10 heteroatoms. The van der Waals surface area contributed by atoms with Gasteiger partial charge in [-0.1, -0.05) is 12.1 Å². The summed E-state index contributed by atoms with van der Waals surface area (Å²) in [6.07, 6.45) is -4.55. The van der Waals surface area contributed by atoms with E-state index >= 15 is 0 Å². The van der Waals surface area contributed by atoms with Gasteiger partial charge < -0.3 is 26.0 Å². The number of amides is 2. The maximum Gasteiger partial charge on any atom is 0.573 e. The smallest absolute Gasteiger partial charge is 0.406 e. The van der Waals surface area contributed by atoms with Crippen LogP contribution in [0.4, 0.5) is 13.2 Å². The summed E-state index contributed by atoms with van der Waals surface area (Å²) in [5, 5.41) is 6.63. The highest BCUT2D eigenvalue weighted by Gasteiger charge is 2.56. The van der Waals surface area contributed by atoms with Gasteiger partial charge in [0, 0.05) is 26.1 Å².